The Morgan fingerprint density at radius 1 is 0.529 bits per heavy atom. The van der Waals surface area contributed by atoms with E-state index < -0.39 is 0 Å². The molecule has 9 rings (SSSR count). The summed E-state index contributed by atoms with van der Waals surface area (Å²) in [5.41, 5.74) is 10.2. The monoisotopic (exact) mass is 660 g/mol. The molecular formula is C46H36N4O. The van der Waals surface area contributed by atoms with Gasteiger partial charge in [-0.25, -0.2) is 0 Å². The summed E-state index contributed by atoms with van der Waals surface area (Å²) in [6.07, 6.45) is 0. The van der Waals surface area contributed by atoms with Gasteiger partial charge in [-0.1, -0.05) is 90.1 Å². The molecule has 51 heavy (non-hydrogen) atoms. The van der Waals surface area contributed by atoms with E-state index in [1.54, 1.807) is 0 Å². The van der Waals surface area contributed by atoms with Gasteiger partial charge in [0.2, 0.25) is 0 Å². The minimum atomic E-state index is -0.0439. The molecule has 0 aliphatic rings. The van der Waals surface area contributed by atoms with Gasteiger partial charge in [0.05, 0.1) is 44.3 Å². The molecule has 0 aliphatic carbocycles. The number of benzene rings is 6. The standard InChI is InChI=1S/C46H36N4O/c1-45(2,3)28-15-18-38-34(22-28)35-23-29(46(4,5)6)16-19-39(35)50(38)41-24-30(21-27(25-47)36(41)26-48)49-37-13-9-7-12-33(37)43-40(49)20-17-32-31-11-8-10-14-42(31)51-44(32)43/h7-24H,1-6H3. The second kappa shape index (κ2) is 10.6. The van der Waals surface area contributed by atoms with Crippen molar-refractivity contribution in [1.82, 2.24) is 9.13 Å². The minimum Gasteiger partial charge on any atom is -0.455 e. The van der Waals surface area contributed by atoms with E-state index >= 15 is 0 Å². The predicted molar refractivity (Wildman–Crippen MR) is 209 cm³/mol. The van der Waals surface area contributed by atoms with Crippen LogP contribution in [0.1, 0.15) is 63.8 Å². The van der Waals surface area contributed by atoms with Gasteiger partial charge in [-0.2, -0.15) is 10.5 Å². The average molecular weight is 661 g/mol. The summed E-state index contributed by atoms with van der Waals surface area (Å²) in [6.45, 7) is 13.4. The molecule has 5 heteroatoms. The first-order chi connectivity index (χ1) is 24.5. The predicted octanol–water partition coefficient (Wildman–Crippen LogP) is 12.1. The van der Waals surface area contributed by atoms with E-state index in [4.69, 9.17) is 4.42 Å². The van der Waals surface area contributed by atoms with E-state index in [9.17, 15) is 10.5 Å². The van der Waals surface area contributed by atoms with Crippen LogP contribution >= 0.6 is 0 Å². The van der Waals surface area contributed by atoms with Gasteiger partial charge in [-0.05, 0) is 82.6 Å². The average Bonchev–Trinajstić information content (AvgIpc) is 3.77. The SMILES string of the molecule is CC(C)(C)c1ccc2c(c1)c1cc(C(C)(C)C)ccc1n2-c1cc(-n2c3ccccc3c3c4oc5ccccc5c4ccc32)cc(C#N)c1C#N. The number of hydrogen-bond acceptors (Lipinski definition) is 3. The third kappa shape index (κ3) is 4.45. The summed E-state index contributed by atoms with van der Waals surface area (Å²) in [7, 11) is 0. The van der Waals surface area contributed by atoms with Crippen LogP contribution in [0, 0.1) is 22.7 Å². The lowest BCUT2D eigenvalue weighted by Gasteiger charge is -2.19. The van der Waals surface area contributed by atoms with E-state index in [1.165, 1.54) is 11.1 Å². The van der Waals surface area contributed by atoms with Crippen molar-refractivity contribution < 1.29 is 4.42 Å². The smallest absolute Gasteiger partial charge is 0.145 e. The highest BCUT2D eigenvalue weighted by atomic mass is 16.3. The van der Waals surface area contributed by atoms with Crippen molar-refractivity contribution in [2.45, 2.75) is 52.4 Å². The van der Waals surface area contributed by atoms with Crippen LogP contribution in [0.25, 0.3) is 76.9 Å². The second-order valence-corrected chi connectivity index (χ2v) is 15.7. The first kappa shape index (κ1) is 30.7. The third-order valence-electron chi connectivity index (χ3n) is 10.5. The molecule has 0 N–H and O–H groups in total. The summed E-state index contributed by atoms with van der Waals surface area (Å²) < 4.78 is 10.9. The Hall–Kier alpha value is -6.30. The molecule has 0 saturated carbocycles. The van der Waals surface area contributed by atoms with Gasteiger partial charge in [-0.15, -0.1) is 0 Å². The van der Waals surface area contributed by atoms with Gasteiger partial charge in [-0.3, -0.25) is 0 Å². The van der Waals surface area contributed by atoms with Crippen molar-refractivity contribution in [3.8, 4) is 23.5 Å². The first-order valence-corrected chi connectivity index (χ1v) is 17.4. The normalized spacial score (nSPS) is 12.5. The van der Waals surface area contributed by atoms with Gasteiger partial charge >= 0.3 is 0 Å². The van der Waals surface area contributed by atoms with Gasteiger partial charge in [0.15, 0.2) is 0 Å². The molecule has 0 bridgehead atoms. The first-order valence-electron chi connectivity index (χ1n) is 17.4. The Kier molecular flexibility index (Phi) is 6.39. The van der Waals surface area contributed by atoms with Crippen LogP contribution in [0.5, 0.6) is 0 Å². The molecular weight excluding hydrogens is 625 g/mol. The molecule has 246 valence electrons. The number of nitrogens with zero attached hydrogens (tertiary/aromatic N) is 4. The topological polar surface area (TPSA) is 70.6 Å². The van der Waals surface area contributed by atoms with Gasteiger partial charge < -0.3 is 13.6 Å². The van der Waals surface area contributed by atoms with Crippen LogP contribution in [0.3, 0.4) is 0 Å². The molecule has 5 nitrogen and oxygen atoms in total. The van der Waals surface area contributed by atoms with E-state index in [2.05, 4.69) is 136 Å². The highest BCUT2D eigenvalue weighted by Gasteiger charge is 2.25. The van der Waals surface area contributed by atoms with Crippen LogP contribution in [-0.4, -0.2) is 9.13 Å². The molecule has 3 aromatic heterocycles. The zero-order valence-electron chi connectivity index (χ0n) is 29.6. The Morgan fingerprint density at radius 3 is 1.75 bits per heavy atom. The number of para-hydroxylation sites is 2. The summed E-state index contributed by atoms with van der Waals surface area (Å²) in [4.78, 5) is 0. The molecule has 0 saturated heterocycles. The fourth-order valence-corrected chi connectivity index (χ4v) is 7.85. The van der Waals surface area contributed by atoms with Crippen LogP contribution in [0.15, 0.2) is 114 Å². The summed E-state index contributed by atoms with van der Waals surface area (Å²) >= 11 is 0. The summed E-state index contributed by atoms with van der Waals surface area (Å²) in [5, 5.41) is 27.7. The Balaban J connectivity index is 1.40. The summed E-state index contributed by atoms with van der Waals surface area (Å²) in [6, 6.07) is 42.8. The third-order valence-corrected chi connectivity index (χ3v) is 10.5. The highest BCUT2D eigenvalue weighted by molar-refractivity contribution is 6.24. The number of furan rings is 1. The fraction of sp³-hybridized carbons (Fsp3) is 0.174. The number of fused-ring (bicyclic) bond motifs is 10. The lowest BCUT2D eigenvalue weighted by Crippen LogP contribution is -2.10. The van der Waals surface area contributed by atoms with Crippen LogP contribution in [0.4, 0.5) is 0 Å². The number of hydrogen-bond donors (Lipinski definition) is 0. The van der Waals surface area contributed by atoms with Crippen LogP contribution in [-0.2, 0) is 10.8 Å². The zero-order chi connectivity index (χ0) is 35.4. The second-order valence-electron chi connectivity index (χ2n) is 15.7. The maximum atomic E-state index is 10.7. The molecule has 0 aliphatic heterocycles. The number of aromatic nitrogens is 2. The lowest BCUT2D eigenvalue weighted by molar-refractivity contribution is 0.590. The van der Waals surface area contributed by atoms with Crippen molar-refractivity contribution >= 4 is 65.6 Å². The minimum absolute atomic E-state index is 0.0439. The van der Waals surface area contributed by atoms with E-state index in [-0.39, 0.29) is 10.8 Å². The van der Waals surface area contributed by atoms with Crippen molar-refractivity contribution in [3.63, 3.8) is 0 Å². The molecule has 0 spiro atoms. The molecule has 9 aromatic rings. The quantitative estimate of drug-likeness (QED) is 0.185. The molecule has 0 amide bonds. The number of rotatable bonds is 2. The largest absolute Gasteiger partial charge is 0.455 e. The van der Waals surface area contributed by atoms with Gasteiger partial charge in [0.25, 0.3) is 0 Å². The van der Waals surface area contributed by atoms with Crippen LogP contribution < -0.4 is 0 Å². The Labute approximate surface area is 296 Å². The van der Waals surface area contributed by atoms with Crippen molar-refractivity contribution in [3.05, 3.63) is 131 Å². The molecule has 0 atom stereocenters. The van der Waals surface area contributed by atoms with Crippen molar-refractivity contribution in [2.24, 2.45) is 0 Å². The molecule has 0 radical (unpaired) electrons. The summed E-state index contributed by atoms with van der Waals surface area (Å²) in [5.74, 6) is 0. The molecule has 6 aromatic carbocycles. The van der Waals surface area contributed by atoms with Crippen molar-refractivity contribution in [1.29, 1.82) is 10.5 Å². The van der Waals surface area contributed by atoms with E-state index in [1.807, 2.05) is 36.4 Å². The highest BCUT2D eigenvalue weighted by Crippen LogP contribution is 2.43. The molecule has 0 unspecified atom stereocenters. The zero-order valence-corrected chi connectivity index (χ0v) is 29.6. The maximum absolute atomic E-state index is 10.7. The van der Waals surface area contributed by atoms with Crippen molar-refractivity contribution in [2.75, 3.05) is 0 Å². The molecule has 0 fully saturated rings. The lowest BCUT2D eigenvalue weighted by atomic mass is 9.85. The maximum Gasteiger partial charge on any atom is 0.145 e. The van der Waals surface area contributed by atoms with Crippen LogP contribution in [0.2, 0.25) is 0 Å². The van der Waals surface area contributed by atoms with E-state index in [0.717, 1.165) is 71.2 Å². The number of nitriles is 2. The van der Waals surface area contributed by atoms with Gasteiger partial charge in [0, 0.05) is 32.6 Å². The van der Waals surface area contributed by atoms with Gasteiger partial charge in [0.1, 0.15) is 23.3 Å². The fourth-order valence-electron chi connectivity index (χ4n) is 7.85. The Bertz CT molecular complexity index is 2940. The Morgan fingerprint density at radius 2 is 1.12 bits per heavy atom. The molecule has 3 heterocycles. The van der Waals surface area contributed by atoms with E-state index in [0.29, 0.717) is 16.8 Å².